The lowest BCUT2D eigenvalue weighted by Crippen LogP contribution is -2.21. The summed E-state index contributed by atoms with van der Waals surface area (Å²) < 4.78 is 0.936. The summed E-state index contributed by atoms with van der Waals surface area (Å²) in [6, 6.07) is 3.78. The molecule has 4 heteroatoms. The molecule has 0 aliphatic heterocycles. The van der Waals surface area contributed by atoms with Crippen LogP contribution in [0.2, 0.25) is 0 Å². The van der Waals surface area contributed by atoms with Gasteiger partial charge in [-0.05, 0) is 37.5 Å². The minimum absolute atomic E-state index is 0.111. The van der Waals surface area contributed by atoms with E-state index in [2.05, 4.69) is 21.2 Å². The summed E-state index contributed by atoms with van der Waals surface area (Å²) >= 11 is 3.39. The van der Waals surface area contributed by atoms with Gasteiger partial charge in [0, 0.05) is 10.4 Å². The first kappa shape index (κ1) is 12.4. The van der Waals surface area contributed by atoms with Gasteiger partial charge in [0.05, 0.1) is 11.4 Å². The van der Waals surface area contributed by atoms with Gasteiger partial charge < -0.3 is 11.1 Å². The molecule has 1 amide bonds. The Morgan fingerprint density at radius 2 is 2.06 bits per heavy atom. The molecule has 1 aliphatic rings. The standard InChI is InChI=1S/C13H17BrN2O/c1-8-6-10(14)7-11(15)12(8)16-13(17)9-4-2-3-5-9/h6-7,9H,2-5,15H2,1H3,(H,16,17). The second-order valence-electron chi connectivity index (χ2n) is 4.66. The first-order chi connectivity index (χ1) is 8.08. The van der Waals surface area contributed by atoms with Crippen molar-refractivity contribution in [3.63, 3.8) is 0 Å². The van der Waals surface area contributed by atoms with Gasteiger partial charge in [0.2, 0.25) is 5.91 Å². The number of carbonyl (C=O) groups excluding carboxylic acids is 1. The average molecular weight is 297 g/mol. The smallest absolute Gasteiger partial charge is 0.227 e. The molecule has 0 atom stereocenters. The second-order valence-corrected chi connectivity index (χ2v) is 5.57. The lowest BCUT2D eigenvalue weighted by molar-refractivity contribution is -0.119. The number of hydrogen-bond donors (Lipinski definition) is 2. The molecule has 0 spiro atoms. The first-order valence-electron chi connectivity index (χ1n) is 5.94. The van der Waals surface area contributed by atoms with Crippen molar-refractivity contribution in [3.8, 4) is 0 Å². The van der Waals surface area contributed by atoms with E-state index in [1.807, 2.05) is 19.1 Å². The Bertz CT molecular complexity index is 416. The quantitative estimate of drug-likeness (QED) is 0.821. The van der Waals surface area contributed by atoms with Crippen molar-refractivity contribution < 1.29 is 4.79 Å². The van der Waals surface area contributed by atoms with Crippen molar-refractivity contribution >= 4 is 33.2 Å². The number of nitrogens with one attached hydrogen (secondary N) is 1. The van der Waals surface area contributed by atoms with Crippen LogP contribution in [0.1, 0.15) is 31.2 Å². The maximum absolute atomic E-state index is 12.0. The maximum atomic E-state index is 12.0. The summed E-state index contributed by atoms with van der Waals surface area (Å²) in [7, 11) is 0. The largest absolute Gasteiger partial charge is 0.397 e. The fourth-order valence-corrected chi connectivity index (χ4v) is 2.94. The number of rotatable bonds is 2. The summed E-state index contributed by atoms with van der Waals surface area (Å²) in [5.41, 5.74) is 8.28. The van der Waals surface area contributed by atoms with Crippen molar-refractivity contribution in [2.45, 2.75) is 32.6 Å². The molecule has 17 heavy (non-hydrogen) atoms. The molecule has 3 N–H and O–H groups in total. The molecule has 1 saturated carbocycles. The minimum Gasteiger partial charge on any atom is -0.397 e. The molecule has 1 aromatic rings. The van der Waals surface area contributed by atoms with Gasteiger partial charge in [-0.2, -0.15) is 0 Å². The van der Waals surface area contributed by atoms with Crippen LogP contribution in [0.4, 0.5) is 11.4 Å². The minimum atomic E-state index is 0.111. The van der Waals surface area contributed by atoms with Crippen LogP contribution < -0.4 is 11.1 Å². The number of nitrogens with two attached hydrogens (primary N) is 1. The predicted octanol–water partition coefficient (Wildman–Crippen LogP) is 3.47. The third-order valence-electron chi connectivity index (χ3n) is 3.30. The third-order valence-corrected chi connectivity index (χ3v) is 3.76. The number of amides is 1. The molecule has 0 unspecified atom stereocenters. The predicted molar refractivity (Wildman–Crippen MR) is 73.9 cm³/mol. The van der Waals surface area contributed by atoms with Crippen LogP contribution in [0.25, 0.3) is 0 Å². The van der Waals surface area contributed by atoms with Crippen LogP contribution in [0.3, 0.4) is 0 Å². The molecule has 0 saturated heterocycles. The Kier molecular flexibility index (Phi) is 3.72. The molecule has 0 radical (unpaired) electrons. The fourth-order valence-electron chi connectivity index (χ4n) is 2.35. The molecular formula is C13H17BrN2O. The number of halogens is 1. The Morgan fingerprint density at radius 1 is 1.41 bits per heavy atom. The van der Waals surface area contributed by atoms with Crippen molar-refractivity contribution in [1.82, 2.24) is 0 Å². The molecule has 0 heterocycles. The normalized spacial score (nSPS) is 16.1. The average Bonchev–Trinajstić information content (AvgIpc) is 2.76. The zero-order valence-electron chi connectivity index (χ0n) is 9.92. The molecule has 92 valence electrons. The van der Waals surface area contributed by atoms with Gasteiger partial charge in [-0.1, -0.05) is 28.8 Å². The molecule has 1 aliphatic carbocycles. The van der Waals surface area contributed by atoms with Gasteiger partial charge >= 0.3 is 0 Å². The van der Waals surface area contributed by atoms with Crippen LogP contribution in [0.5, 0.6) is 0 Å². The molecule has 2 rings (SSSR count). The van der Waals surface area contributed by atoms with Gasteiger partial charge in [-0.15, -0.1) is 0 Å². The van der Waals surface area contributed by atoms with E-state index >= 15 is 0 Å². The van der Waals surface area contributed by atoms with Gasteiger partial charge in [0.1, 0.15) is 0 Å². The van der Waals surface area contributed by atoms with Crippen molar-refractivity contribution in [2.75, 3.05) is 11.1 Å². The van der Waals surface area contributed by atoms with E-state index in [4.69, 9.17) is 5.73 Å². The zero-order valence-corrected chi connectivity index (χ0v) is 11.5. The first-order valence-corrected chi connectivity index (χ1v) is 6.73. The molecule has 0 bridgehead atoms. The van der Waals surface area contributed by atoms with Crippen LogP contribution in [0.15, 0.2) is 16.6 Å². The van der Waals surface area contributed by atoms with E-state index in [0.29, 0.717) is 5.69 Å². The number of aryl methyl sites for hydroxylation is 1. The van der Waals surface area contributed by atoms with Crippen LogP contribution >= 0.6 is 15.9 Å². The SMILES string of the molecule is Cc1cc(Br)cc(N)c1NC(=O)C1CCCC1. The van der Waals surface area contributed by atoms with E-state index in [0.717, 1.165) is 41.4 Å². The van der Waals surface area contributed by atoms with Gasteiger partial charge in [0.15, 0.2) is 0 Å². The highest BCUT2D eigenvalue weighted by molar-refractivity contribution is 9.10. The van der Waals surface area contributed by atoms with Crippen molar-refractivity contribution in [1.29, 1.82) is 0 Å². The second kappa shape index (κ2) is 5.08. The van der Waals surface area contributed by atoms with Crippen molar-refractivity contribution in [2.24, 2.45) is 5.92 Å². The zero-order chi connectivity index (χ0) is 12.4. The van der Waals surface area contributed by atoms with Crippen LogP contribution in [-0.2, 0) is 4.79 Å². The highest BCUT2D eigenvalue weighted by atomic mass is 79.9. The number of nitrogen functional groups attached to an aromatic ring is 1. The number of hydrogen-bond acceptors (Lipinski definition) is 2. The van der Waals surface area contributed by atoms with E-state index in [-0.39, 0.29) is 11.8 Å². The van der Waals surface area contributed by atoms with E-state index in [1.54, 1.807) is 0 Å². The molecule has 3 nitrogen and oxygen atoms in total. The van der Waals surface area contributed by atoms with Crippen LogP contribution in [0, 0.1) is 12.8 Å². The van der Waals surface area contributed by atoms with E-state index < -0.39 is 0 Å². The topological polar surface area (TPSA) is 55.1 Å². The number of anilines is 2. The Morgan fingerprint density at radius 3 is 2.65 bits per heavy atom. The maximum Gasteiger partial charge on any atom is 0.227 e. The highest BCUT2D eigenvalue weighted by Gasteiger charge is 2.23. The lowest BCUT2D eigenvalue weighted by Gasteiger charge is -2.14. The van der Waals surface area contributed by atoms with Gasteiger partial charge in [-0.25, -0.2) is 0 Å². The molecular weight excluding hydrogens is 280 g/mol. The summed E-state index contributed by atoms with van der Waals surface area (Å²) in [5, 5.41) is 2.96. The Labute approximate surface area is 110 Å². The van der Waals surface area contributed by atoms with E-state index in [9.17, 15) is 4.79 Å². The monoisotopic (exact) mass is 296 g/mol. The van der Waals surface area contributed by atoms with E-state index in [1.165, 1.54) is 0 Å². The molecule has 1 fully saturated rings. The number of carbonyl (C=O) groups is 1. The lowest BCUT2D eigenvalue weighted by atomic mass is 10.1. The molecule has 0 aromatic heterocycles. The molecule has 1 aromatic carbocycles. The van der Waals surface area contributed by atoms with Gasteiger partial charge in [-0.3, -0.25) is 4.79 Å². The Balaban J connectivity index is 2.15. The number of benzene rings is 1. The van der Waals surface area contributed by atoms with Gasteiger partial charge in [0.25, 0.3) is 0 Å². The van der Waals surface area contributed by atoms with Crippen LogP contribution in [-0.4, -0.2) is 5.91 Å². The highest BCUT2D eigenvalue weighted by Crippen LogP contribution is 2.30. The van der Waals surface area contributed by atoms with Crippen molar-refractivity contribution in [3.05, 3.63) is 22.2 Å². The summed E-state index contributed by atoms with van der Waals surface area (Å²) in [5.74, 6) is 0.275. The summed E-state index contributed by atoms with van der Waals surface area (Å²) in [4.78, 5) is 12.0. The fraction of sp³-hybridized carbons (Fsp3) is 0.462. The third kappa shape index (κ3) is 2.80. The summed E-state index contributed by atoms with van der Waals surface area (Å²) in [6.07, 6.45) is 4.32. The Hall–Kier alpha value is -1.03. The summed E-state index contributed by atoms with van der Waals surface area (Å²) in [6.45, 7) is 1.95.